The van der Waals surface area contributed by atoms with E-state index < -0.39 is 60.2 Å². The van der Waals surface area contributed by atoms with Crippen molar-refractivity contribution in [3.05, 3.63) is 57.0 Å². The number of rotatable bonds is 20. The number of carbonyl (C=O) groups excluding carboxylic acids is 1. The summed E-state index contributed by atoms with van der Waals surface area (Å²) >= 11 is 0. The molecular weight excluding hydrogens is 761 g/mol. The third kappa shape index (κ3) is 15.4. The molecule has 3 rings (SSSR count). The van der Waals surface area contributed by atoms with Gasteiger partial charge in [-0.3, -0.25) is 13.9 Å². The fourth-order valence-electron chi connectivity index (χ4n) is 4.08. The molecule has 1 aromatic heterocycles. The number of benzene rings is 1. The van der Waals surface area contributed by atoms with Crippen LogP contribution in [-0.4, -0.2) is 94.0 Å². The molecule has 1 aliphatic heterocycles. The van der Waals surface area contributed by atoms with E-state index in [-0.39, 0.29) is 57.2 Å². The van der Waals surface area contributed by atoms with Crippen LogP contribution in [0.5, 0.6) is 5.75 Å². The highest BCUT2D eigenvalue weighted by Crippen LogP contribution is 2.66. The fourth-order valence-corrected chi connectivity index (χ4v) is 7.13. The molecule has 24 nitrogen and oxygen atoms in total. The van der Waals surface area contributed by atoms with Gasteiger partial charge in [-0.1, -0.05) is 17.0 Å². The van der Waals surface area contributed by atoms with E-state index in [2.05, 4.69) is 50.6 Å². The number of phosphoric acid groups is 3. The van der Waals surface area contributed by atoms with Crippen molar-refractivity contribution < 1.29 is 70.2 Å². The largest absolute Gasteiger partial charge is 0.491 e. The van der Waals surface area contributed by atoms with Crippen LogP contribution in [0.15, 0.2) is 40.4 Å². The zero-order valence-electron chi connectivity index (χ0n) is 27.1. The molecule has 5 atom stereocenters. The average molecular weight is 797 g/mol. The summed E-state index contributed by atoms with van der Waals surface area (Å²) < 4.78 is 69.0. The SMILES string of the molecule is CNc1ccc(OCC(N=[N+]=[N-])OCCOCC(=O)NCC#Cc2cn([C@H]3CC[C@@H](COP(=O)(O)OP(=O)(O)OP(=O)(O)O)O3)c(=O)nc2N)cc1. The van der Waals surface area contributed by atoms with Crippen LogP contribution in [0.1, 0.15) is 24.6 Å². The number of azide groups is 1. The molecule has 3 unspecified atom stereocenters. The lowest BCUT2D eigenvalue weighted by atomic mass is 10.2. The molecule has 8 N–H and O–H groups in total. The summed E-state index contributed by atoms with van der Waals surface area (Å²) in [5.74, 6) is 5.16. The van der Waals surface area contributed by atoms with Gasteiger partial charge in [-0.2, -0.15) is 13.6 Å². The third-order valence-electron chi connectivity index (χ3n) is 6.30. The van der Waals surface area contributed by atoms with Gasteiger partial charge in [-0.25, -0.2) is 18.5 Å². The van der Waals surface area contributed by atoms with E-state index in [0.29, 0.717) is 5.75 Å². The van der Waals surface area contributed by atoms with Crippen molar-refractivity contribution >= 4 is 40.9 Å². The molecule has 0 aliphatic carbocycles. The molecule has 0 spiro atoms. The number of phosphoric ester groups is 1. The molecule has 52 heavy (non-hydrogen) atoms. The smallest absolute Gasteiger partial charge is 0.490 e. The maximum Gasteiger partial charge on any atom is 0.490 e. The molecule has 1 fully saturated rings. The first-order valence-electron chi connectivity index (χ1n) is 14.7. The van der Waals surface area contributed by atoms with Crippen molar-refractivity contribution in [2.75, 3.05) is 57.7 Å². The van der Waals surface area contributed by atoms with Gasteiger partial charge in [0.05, 0.1) is 38.0 Å². The number of nitrogens with zero attached hydrogens (tertiary/aromatic N) is 5. The van der Waals surface area contributed by atoms with Crippen LogP contribution < -0.4 is 26.8 Å². The molecule has 1 amide bonds. The van der Waals surface area contributed by atoms with Gasteiger partial charge in [0.15, 0.2) is 6.23 Å². The number of anilines is 2. The maximum absolute atomic E-state index is 12.5. The average Bonchev–Trinajstić information content (AvgIpc) is 3.53. The zero-order chi connectivity index (χ0) is 38.4. The molecular formula is C25H35N8O16P3. The van der Waals surface area contributed by atoms with Crippen molar-refractivity contribution in [2.24, 2.45) is 5.11 Å². The Bertz CT molecular complexity index is 1840. The Labute approximate surface area is 294 Å². The Morgan fingerprint density at radius 1 is 1.17 bits per heavy atom. The summed E-state index contributed by atoms with van der Waals surface area (Å²) in [4.78, 5) is 67.1. The van der Waals surface area contributed by atoms with Gasteiger partial charge in [-0.15, -0.1) is 0 Å². The number of nitrogens with two attached hydrogens (primary N) is 1. The third-order valence-corrected chi connectivity index (χ3v) is 10.1. The van der Waals surface area contributed by atoms with Crippen LogP contribution >= 0.6 is 23.5 Å². The van der Waals surface area contributed by atoms with Crippen molar-refractivity contribution in [3.8, 4) is 17.6 Å². The molecule has 1 aromatic carbocycles. The van der Waals surface area contributed by atoms with Gasteiger partial charge in [0.1, 0.15) is 31.0 Å². The summed E-state index contributed by atoms with van der Waals surface area (Å²) in [7, 11) is -14.8. The molecule has 0 bridgehead atoms. The first-order valence-corrected chi connectivity index (χ1v) is 19.2. The fraction of sp³-hybridized carbons (Fsp3) is 0.480. The Balaban J connectivity index is 1.41. The summed E-state index contributed by atoms with van der Waals surface area (Å²) in [5, 5.41) is 9.01. The minimum Gasteiger partial charge on any atom is -0.491 e. The minimum atomic E-state index is -5.69. The van der Waals surface area contributed by atoms with Crippen LogP contribution in [0.25, 0.3) is 10.4 Å². The van der Waals surface area contributed by atoms with E-state index in [1.165, 1.54) is 6.20 Å². The number of hydrogen-bond donors (Lipinski definition) is 7. The number of nitrogen functional groups attached to an aromatic ring is 1. The van der Waals surface area contributed by atoms with Gasteiger partial charge < -0.3 is 54.9 Å². The Kier molecular flexibility index (Phi) is 16.2. The van der Waals surface area contributed by atoms with Crippen molar-refractivity contribution in [1.82, 2.24) is 14.9 Å². The zero-order valence-corrected chi connectivity index (χ0v) is 29.8. The van der Waals surface area contributed by atoms with Crippen molar-refractivity contribution in [3.63, 3.8) is 0 Å². The quantitative estimate of drug-likeness (QED) is 0.0246. The van der Waals surface area contributed by atoms with E-state index >= 15 is 0 Å². The standard InChI is InChI=1S/C25H35N8O16P3/c1-28-18-4-6-19(7-5-18)45-16-22(31-32-27)44-12-11-43-15-21(34)29-10-2-3-17-13-33(25(35)30-24(17)26)23-9-8-20(47-23)14-46-51(39,40)49-52(41,42)48-50(36,37)38/h4-7,13,20,22-23,28H,8-12,14-16H2,1H3,(H,29,34)(H,39,40)(H,41,42)(H2,26,30,35)(H2,36,37,38)/t20-,22?,23+/m0/s1. The van der Waals surface area contributed by atoms with Crippen LogP contribution in [0, 0.1) is 11.8 Å². The summed E-state index contributed by atoms with van der Waals surface area (Å²) in [6, 6.07) is 7.09. The second kappa shape index (κ2) is 19.8. The topological polar surface area (TPSA) is 348 Å². The van der Waals surface area contributed by atoms with E-state index in [0.717, 1.165) is 10.3 Å². The molecule has 0 saturated carbocycles. The highest BCUT2D eigenvalue weighted by atomic mass is 31.3. The van der Waals surface area contributed by atoms with Gasteiger partial charge in [-0.05, 0) is 42.6 Å². The Morgan fingerprint density at radius 3 is 2.58 bits per heavy atom. The predicted octanol–water partition coefficient (Wildman–Crippen LogP) is 1.10. The van der Waals surface area contributed by atoms with Gasteiger partial charge in [0.2, 0.25) is 5.91 Å². The van der Waals surface area contributed by atoms with Crippen molar-refractivity contribution in [2.45, 2.75) is 31.4 Å². The number of hydrogen-bond acceptors (Lipinski definition) is 16. The Morgan fingerprint density at radius 2 is 1.90 bits per heavy atom. The van der Waals surface area contributed by atoms with Gasteiger partial charge in [0.25, 0.3) is 0 Å². The molecule has 27 heteroatoms. The van der Waals surface area contributed by atoms with E-state index in [9.17, 15) is 33.1 Å². The predicted molar refractivity (Wildman–Crippen MR) is 177 cm³/mol. The molecule has 286 valence electrons. The van der Waals surface area contributed by atoms with Crippen LogP contribution in [0.4, 0.5) is 11.5 Å². The van der Waals surface area contributed by atoms with Crippen LogP contribution in [-0.2, 0) is 45.8 Å². The highest BCUT2D eigenvalue weighted by Gasteiger charge is 2.41. The maximum atomic E-state index is 12.5. The van der Waals surface area contributed by atoms with Crippen molar-refractivity contribution in [1.29, 1.82) is 0 Å². The normalized spacial score (nSPS) is 18.5. The second-order valence-corrected chi connectivity index (χ2v) is 14.6. The lowest BCUT2D eigenvalue weighted by molar-refractivity contribution is -0.126. The summed E-state index contributed by atoms with van der Waals surface area (Å²) in [5.41, 5.74) is 14.8. The highest BCUT2D eigenvalue weighted by molar-refractivity contribution is 7.66. The second-order valence-electron chi connectivity index (χ2n) is 10.2. The molecule has 0 radical (unpaired) electrons. The lowest BCUT2D eigenvalue weighted by Crippen LogP contribution is -2.29. The first kappa shape index (κ1) is 42.5. The van der Waals surface area contributed by atoms with E-state index in [1.54, 1.807) is 19.2 Å². The Hall–Kier alpha value is -3.87. The summed E-state index contributed by atoms with van der Waals surface area (Å²) in [6.07, 6.45) is -1.23. The lowest BCUT2D eigenvalue weighted by Gasteiger charge is -2.19. The molecule has 1 saturated heterocycles. The number of amides is 1. The monoisotopic (exact) mass is 796 g/mol. The number of carbonyl (C=O) groups is 1. The number of ether oxygens (including phenoxy) is 4. The minimum absolute atomic E-state index is 0.0000816. The first-order chi connectivity index (χ1) is 24.5. The van der Waals surface area contributed by atoms with Crippen LogP contribution in [0.2, 0.25) is 0 Å². The van der Waals surface area contributed by atoms with Gasteiger partial charge in [0, 0.05) is 23.8 Å². The number of nitrogens with one attached hydrogen (secondary N) is 2. The number of aromatic nitrogens is 2. The molecule has 2 aromatic rings. The van der Waals surface area contributed by atoms with Crippen LogP contribution in [0.3, 0.4) is 0 Å². The van der Waals surface area contributed by atoms with E-state index in [4.69, 9.17) is 40.0 Å². The summed E-state index contributed by atoms with van der Waals surface area (Å²) in [6.45, 7) is -1.21. The molecule has 2 heterocycles. The molecule has 1 aliphatic rings. The van der Waals surface area contributed by atoms with E-state index in [1.807, 2.05) is 12.1 Å². The van der Waals surface area contributed by atoms with Gasteiger partial charge >= 0.3 is 29.2 Å².